The summed E-state index contributed by atoms with van der Waals surface area (Å²) in [5, 5.41) is 0. The summed E-state index contributed by atoms with van der Waals surface area (Å²) in [5.41, 5.74) is 6.28. The highest BCUT2D eigenvalue weighted by molar-refractivity contribution is 5.99. The Balaban J connectivity index is 1.86. The molecule has 3 atom stereocenters. The topological polar surface area (TPSA) is 58.7 Å². The van der Waals surface area contributed by atoms with E-state index in [4.69, 9.17) is 5.73 Å². The van der Waals surface area contributed by atoms with E-state index in [-0.39, 0.29) is 23.6 Å². The van der Waals surface area contributed by atoms with Crippen molar-refractivity contribution in [1.82, 2.24) is 4.90 Å². The molecule has 23 heavy (non-hydrogen) atoms. The number of hydrogen-bond donors (Lipinski definition) is 1. The van der Waals surface area contributed by atoms with Gasteiger partial charge in [0, 0.05) is 7.05 Å². The first-order valence-electron chi connectivity index (χ1n) is 7.93. The molecule has 3 rings (SSSR count). The van der Waals surface area contributed by atoms with E-state index in [0.717, 1.165) is 12.0 Å². The minimum atomic E-state index is -0.623. The number of guanidine groups is 1. The third-order valence-corrected chi connectivity index (χ3v) is 4.93. The fourth-order valence-corrected chi connectivity index (χ4v) is 3.37. The van der Waals surface area contributed by atoms with Gasteiger partial charge < -0.3 is 5.73 Å². The summed E-state index contributed by atoms with van der Waals surface area (Å²) >= 11 is 0. The molecule has 1 heterocycles. The lowest BCUT2D eigenvalue weighted by Gasteiger charge is -2.36. The maximum absolute atomic E-state index is 13.1. The Morgan fingerprint density at radius 3 is 2.78 bits per heavy atom. The van der Waals surface area contributed by atoms with Gasteiger partial charge in [-0.15, -0.1) is 0 Å². The third-order valence-electron chi connectivity index (χ3n) is 4.93. The molecule has 3 aliphatic rings. The molecule has 0 bridgehead atoms. The van der Waals surface area contributed by atoms with Crippen molar-refractivity contribution in [3.8, 4) is 0 Å². The number of halogens is 1. The van der Waals surface area contributed by atoms with Gasteiger partial charge in [0.05, 0.1) is 12.0 Å². The Kier molecular flexibility index (Phi) is 3.96. The number of allylic oxidation sites excluding steroid dienone is 6. The van der Waals surface area contributed by atoms with E-state index in [1.807, 2.05) is 19.1 Å². The lowest BCUT2D eigenvalue weighted by Crippen LogP contribution is -2.49. The van der Waals surface area contributed by atoms with Crippen molar-refractivity contribution >= 4 is 11.9 Å². The van der Waals surface area contributed by atoms with Crippen LogP contribution in [-0.2, 0) is 4.79 Å². The maximum Gasteiger partial charge on any atom is 0.231 e. The van der Waals surface area contributed by atoms with Gasteiger partial charge in [-0.1, -0.05) is 24.3 Å². The summed E-state index contributed by atoms with van der Waals surface area (Å²) in [7, 11) is 1.64. The molecule has 1 aliphatic heterocycles. The Labute approximate surface area is 135 Å². The molecule has 1 amide bonds. The SMILES string of the molecule is CN1C(=O)CC(C)(C2=CC(C3C=CC(F)=CC3)CC=C2)N=C1N. The highest BCUT2D eigenvalue weighted by atomic mass is 19.1. The van der Waals surface area contributed by atoms with E-state index in [1.54, 1.807) is 13.1 Å². The van der Waals surface area contributed by atoms with Gasteiger partial charge >= 0.3 is 0 Å². The van der Waals surface area contributed by atoms with Gasteiger partial charge in [0.1, 0.15) is 5.83 Å². The van der Waals surface area contributed by atoms with Crippen LogP contribution in [0.3, 0.4) is 0 Å². The first kappa shape index (κ1) is 15.7. The fraction of sp³-hybridized carbons (Fsp3) is 0.444. The van der Waals surface area contributed by atoms with Gasteiger partial charge in [-0.25, -0.2) is 9.38 Å². The van der Waals surface area contributed by atoms with Crippen molar-refractivity contribution in [3.63, 3.8) is 0 Å². The highest BCUT2D eigenvalue weighted by Gasteiger charge is 2.38. The summed E-state index contributed by atoms with van der Waals surface area (Å²) < 4.78 is 13.1. The molecule has 0 spiro atoms. The summed E-state index contributed by atoms with van der Waals surface area (Å²) in [4.78, 5) is 18.1. The van der Waals surface area contributed by atoms with E-state index in [0.29, 0.717) is 18.8 Å². The molecule has 2 N–H and O–H groups in total. The molecule has 5 heteroatoms. The summed E-state index contributed by atoms with van der Waals surface area (Å²) in [5.74, 6) is 0.628. The number of carbonyl (C=O) groups excluding carboxylic acids is 1. The Morgan fingerprint density at radius 2 is 2.13 bits per heavy atom. The summed E-state index contributed by atoms with van der Waals surface area (Å²) in [6.07, 6.45) is 13.4. The molecular weight excluding hydrogens is 293 g/mol. The number of nitrogens with zero attached hydrogens (tertiary/aromatic N) is 2. The summed E-state index contributed by atoms with van der Waals surface area (Å²) in [6.45, 7) is 1.94. The second kappa shape index (κ2) is 5.80. The van der Waals surface area contributed by atoms with Crippen molar-refractivity contribution in [2.24, 2.45) is 22.6 Å². The van der Waals surface area contributed by atoms with Gasteiger partial charge in [0.25, 0.3) is 0 Å². The number of rotatable bonds is 2. The number of hydrogen-bond acceptors (Lipinski definition) is 3. The smallest absolute Gasteiger partial charge is 0.231 e. The second-order valence-corrected chi connectivity index (χ2v) is 6.65. The maximum atomic E-state index is 13.1. The van der Waals surface area contributed by atoms with Crippen LogP contribution in [0.4, 0.5) is 4.39 Å². The molecule has 0 radical (unpaired) electrons. The largest absolute Gasteiger partial charge is 0.369 e. The molecule has 0 saturated carbocycles. The average molecular weight is 315 g/mol. The van der Waals surface area contributed by atoms with E-state index in [1.165, 1.54) is 11.0 Å². The number of amides is 1. The molecule has 0 aromatic rings. The zero-order valence-electron chi connectivity index (χ0n) is 13.5. The minimum Gasteiger partial charge on any atom is -0.369 e. The molecule has 0 aromatic carbocycles. The van der Waals surface area contributed by atoms with Gasteiger partial charge in [-0.05, 0) is 49.3 Å². The third kappa shape index (κ3) is 3.00. The van der Waals surface area contributed by atoms with Crippen LogP contribution in [0.5, 0.6) is 0 Å². The van der Waals surface area contributed by atoms with Crippen LogP contribution in [0, 0.1) is 11.8 Å². The van der Waals surface area contributed by atoms with Crippen molar-refractivity contribution in [2.45, 2.75) is 31.7 Å². The Hall–Kier alpha value is -2.17. The Morgan fingerprint density at radius 1 is 1.35 bits per heavy atom. The lowest BCUT2D eigenvalue weighted by atomic mass is 9.76. The van der Waals surface area contributed by atoms with E-state index < -0.39 is 5.54 Å². The molecule has 3 unspecified atom stereocenters. The van der Waals surface area contributed by atoms with Crippen LogP contribution in [0.25, 0.3) is 0 Å². The average Bonchev–Trinajstić information content (AvgIpc) is 2.53. The van der Waals surface area contributed by atoms with Crippen LogP contribution in [0.2, 0.25) is 0 Å². The van der Waals surface area contributed by atoms with Gasteiger partial charge in [-0.3, -0.25) is 9.69 Å². The number of nitrogens with two attached hydrogens (primary N) is 1. The predicted octanol–water partition coefficient (Wildman–Crippen LogP) is 2.85. The molecule has 0 fully saturated rings. The van der Waals surface area contributed by atoms with Crippen LogP contribution < -0.4 is 5.73 Å². The predicted molar refractivity (Wildman–Crippen MR) is 89.2 cm³/mol. The standard InChI is InChI=1S/C18H22FN3O/c1-18(11-16(23)22(2)17(20)21-18)14-5-3-4-13(10-14)12-6-8-15(19)9-7-12/h3,5-6,8-10,12-13H,4,7,11H2,1-2H3,(H2,20,21). The molecule has 122 valence electrons. The van der Waals surface area contributed by atoms with Crippen LogP contribution >= 0.6 is 0 Å². The minimum absolute atomic E-state index is 0.0287. The first-order chi connectivity index (χ1) is 10.9. The summed E-state index contributed by atoms with van der Waals surface area (Å²) in [6, 6.07) is 0. The van der Waals surface area contributed by atoms with Gasteiger partial charge in [0.2, 0.25) is 5.91 Å². The molecule has 0 saturated heterocycles. The van der Waals surface area contributed by atoms with Crippen LogP contribution in [-0.4, -0.2) is 29.4 Å². The van der Waals surface area contributed by atoms with Crippen molar-refractivity contribution < 1.29 is 9.18 Å². The van der Waals surface area contributed by atoms with Crippen molar-refractivity contribution in [1.29, 1.82) is 0 Å². The lowest BCUT2D eigenvalue weighted by molar-refractivity contribution is -0.128. The van der Waals surface area contributed by atoms with E-state index in [9.17, 15) is 9.18 Å². The zero-order chi connectivity index (χ0) is 16.6. The zero-order valence-corrected chi connectivity index (χ0v) is 13.5. The quantitative estimate of drug-likeness (QED) is 0.852. The molecule has 2 aliphatic carbocycles. The van der Waals surface area contributed by atoms with Gasteiger partial charge in [-0.2, -0.15) is 0 Å². The molecule has 0 aromatic heterocycles. The van der Waals surface area contributed by atoms with E-state index >= 15 is 0 Å². The van der Waals surface area contributed by atoms with Gasteiger partial charge in [0.15, 0.2) is 5.96 Å². The first-order valence-corrected chi connectivity index (χ1v) is 7.93. The fourth-order valence-electron chi connectivity index (χ4n) is 3.37. The van der Waals surface area contributed by atoms with Crippen LogP contribution in [0.15, 0.2) is 52.8 Å². The van der Waals surface area contributed by atoms with E-state index in [2.05, 4.69) is 17.1 Å². The number of carbonyl (C=O) groups is 1. The Bertz CT molecular complexity index is 674. The number of aliphatic imine (C=N–C) groups is 1. The molecular formula is C18H22FN3O. The van der Waals surface area contributed by atoms with Crippen molar-refractivity contribution in [3.05, 3.63) is 47.9 Å². The van der Waals surface area contributed by atoms with Crippen LogP contribution in [0.1, 0.15) is 26.2 Å². The second-order valence-electron chi connectivity index (χ2n) is 6.65. The van der Waals surface area contributed by atoms with Crippen molar-refractivity contribution in [2.75, 3.05) is 7.05 Å². The monoisotopic (exact) mass is 315 g/mol. The normalized spacial score (nSPS) is 34.1. The highest BCUT2D eigenvalue weighted by Crippen LogP contribution is 2.37. The molecule has 4 nitrogen and oxygen atoms in total.